The van der Waals surface area contributed by atoms with E-state index in [-0.39, 0.29) is 5.91 Å². The van der Waals surface area contributed by atoms with Gasteiger partial charge in [0.2, 0.25) is 0 Å². The third-order valence-electron chi connectivity index (χ3n) is 6.13. The number of hydrogen-bond acceptors (Lipinski definition) is 3. The maximum Gasteiger partial charge on any atom is 0.275 e. The molecule has 0 atom stereocenters. The molecule has 1 aliphatic carbocycles. The molecule has 2 fully saturated rings. The van der Waals surface area contributed by atoms with Gasteiger partial charge in [0.1, 0.15) is 37.7 Å². The molecule has 2 heterocycles. The fraction of sp³-hybridized carbons (Fsp3) is 0.619. The highest BCUT2D eigenvalue weighted by Gasteiger charge is 2.26. The number of aromatic nitrogens is 1. The molecule has 0 radical (unpaired) electrons. The number of nitrogens with one attached hydrogen (secondary N) is 3. The Kier molecular flexibility index (Phi) is 6.37. The van der Waals surface area contributed by atoms with E-state index < -0.39 is 0 Å². The van der Waals surface area contributed by atoms with Crippen LogP contribution in [-0.4, -0.2) is 50.2 Å². The fourth-order valence-electron chi connectivity index (χ4n) is 4.46. The zero-order valence-corrected chi connectivity index (χ0v) is 17.0. The van der Waals surface area contributed by atoms with Crippen molar-refractivity contribution in [2.24, 2.45) is 5.92 Å². The van der Waals surface area contributed by atoms with Gasteiger partial charge in [-0.1, -0.05) is 31.4 Å². The zero-order valence-electron chi connectivity index (χ0n) is 16.1. The van der Waals surface area contributed by atoms with Gasteiger partial charge in [0.15, 0.2) is 6.54 Å². The normalized spacial score (nSPS) is 24.1. The summed E-state index contributed by atoms with van der Waals surface area (Å²) in [4.78, 5) is 20.1. The number of carbonyl (C=O) groups is 1. The molecule has 146 valence electrons. The number of amides is 1. The van der Waals surface area contributed by atoms with Crippen LogP contribution in [0.15, 0.2) is 24.3 Å². The van der Waals surface area contributed by atoms with E-state index in [4.69, 9.17) is 4.98 Å². The first kappa shape index (κ1) is 18.8. The van der Waals surface area contributed by atoms with Crippen molar-refractivity contribution in [3.63, 3.8) is 0 Å². The van der Waals surface area contributed by atoms with Crippen LogP contribution in [0.5, 0.6) is 0 Å². The molecule has 1 saturated heterocycles. The standard InChI is InChI=1S/C21H30N4OS/c26-20(22-14-17-6-2-1-3-7-17)15-24-10-12-25(13-11-24)16-21-23-18-8-4-5-9-19(18)27-21/h4-5,8-9,17H,1-3,6-7,10-16H2,(H,22,26)/p+2. The smallest absolute Gasteiger partial charge is 0.275 e. The molecule has 1 aromatic carbocycles. The van der Waals surface area contributed by atoms with Gasteiger partial charge in [0.05, 0.1) is 10.2 Å². The van der Waals surface area contributed by atoms with Crippen LogP contribution in [0.2, 0.25) is 0 Å². The molecule has 1 aliphatic heterocycles. The van der Waals surface area contributed by atoms with Gasteiger partial charge in [0.25, 0.3) is 5.91 Å². The second-order valence-corrected chi connectivity index (χ2v) is 9.35. The van der Waals surface area contributed by atoms with Gasteiger partial charge in [-0.15, -0.1) is 11.3 Å². The van der Waals surface area contributed by atoms with Crippen LogP contribution in [0.25, 0.3) is 10.2 Å². The van der Waals surface area contributed by atoms with E-state index in [9.17, 15) is 4.79 Å². The highest BCUT2D eigenvalue weighted by Crippen LogP contribution is 2.22. The van der Waals surface area contributed by atoms with Gasteiger partial charge in [-0.3, -0.25) is 4.79 Å². The minimum atomic E-state index is 0.241. The van der Waals surface area contributed by atoms with Crippen LogP contribution in [0.1, 0.15) is 37.1 Å². The second-order valence-electron chi connectivity index (χ2n) is 8.24. The first-order valence-electron chi connectivity index (χ1n) is 10.5. The van der Waals surface area contributed by atoms with E-state index in [1.54, 1.807) is 4.90 Å². The summed E-state index contributed by atoms with van der Waals surface area (Å²) in [5.41, 5.74) is 1.12. The SMILES string of the molecule is O=C(C[NH+]1CC[NH+](Cc2nc3ccccc3s2)CC1)NCC1CCCCC1. The van der Waals surface area contributed by atoms with Gasteiger partial charge in [0, 0.05) is 6.54 Å². The number of quaternary nitrogens is 2. The van der Waals surface area contributed by atoms with Crippen molar-refractivity contribution < 1.29 is 14.6 Å². The average Bonchev–Trinajstić information content (AvgIpc) is 3.11. The lowest BCUT2D eigenvalue weighted by molar-refractivity contribution is -1.02. The summed E-state index contributed by atoms with van der Waals surface area (Å²) in [6.45, 7) is 6.96. The lowest BCUT2D eigenvalue weighted by Crippen LogP contribution is -3.28. The van der Waals surface area contributed by atoms with E-state index in [0.29, 0.717) is 12.5 Å². The van der Waals surface area contributed by atoms with Gasteiger partial charge in [-0.05, 0) is 30.9 Å². The van der Waals surface area contributed by atoms with E-state index in [1.165, 1.54) is 46.7 Å². The first-order valence-corrected chi connectivity index (χ1v) is 11.4. The molecule has 1 aromatic heterocycles. The largest absolute Gasteiger partial charge is 0.351 e. The topological polar surface area (TPSA) is 50.9 Å². The Morgan fingerprint density at radius 1 is 1.07 bits per heavy atom. The lowest BCUT2D eigenvalue weighted by Gasteiger charge is -2.29. The molecule has 0 bridgehead atoms. The number of benzene rings is 1. The predicted molar refractivity (Wildman–Crippen MR) is 109 cm³/mol. The van der Waals surface area contributed by atoms with Gasteiger partial charge in [-0.25, -0.2) is 4.98 Å². The molecule has 1 amide bonds. The molecule has 3 N–H and O–H groups in total. The number of rotatable bonds is 6. The summed E-state index contributed by atoms with van der Waals surface area (Å²) in [5.74, 6) is 0.956. The van der Waals surface area contributed by atoms with E-state index >= 15 is 0 Å². The first-order chi connectivity index (χ1) is 13.3. The third-order valence-corrected chi connectivity index (χ3v) is 7.16. The Labute approximate surface area is 165 Å². The molecule has 0 unspecified atom stereocenters. The summed E-state index contributed by atoms with van der Waals surface area (Å²) in [6.07, 6.45) is 6.64. The van der Waals surface area contributed by atoms with Crippen molar-refractivity contribution in [2.45, 2.75) is 38.6 Å². The number of para-hydroxylation sites is 1. The molecular weight excluding hydrogens is 356 g/mol. The van der Waals surface area contributed by atoms with Crippen LogP contribution in [0, 0.1) is 5.92 Å². The zero-order chi connectivity index (χ0) is 18.5. The van der Waals surface area contributed by atoms with E-state index in [1.807, 2.05) is 11.3 Å². The summed E-state index contributed by atoms with van der Waals surface area (Å²) >= 11 is 1.82. The Morgan fingerprint density at radius 2 is 1.81 bits per heavy atom. The predicted octanol–water partition coefficient (Wildman–Crippen LogP) is 0.276. The Balaban J connectivity index is 1.17. The number of thiazole rings is 1. The minimum Gasteiger partial charge on any atom is -0.351 e. The van der Waals surface area contributed by atoms with Crippen LogP contribution in [0.4, 0.5) is 0 Å². The van der Waals surface area contributed by atoms with E-state index in [0.717, 1.165) is 44.8 Å². The second kappa shape index (κ2) is 9.13. The molecule has 6 heteroatoms. The Hall–Kier alpha value is -1.50. The molecule has 2 aliphatic rings. The Bertz CT molecular complexity index is 714. The summed E-state index contributed by atoms with van der Waals surface area (Å²) in [7, 11) is 0. The highest BCUT2D eigenvalue weighted by atomic mass is 32.1. The molecule has 2 aromatic rings. The van der Waals surface area contributed by atoms with Crippen molar-refractivity contribution in [1.29, 1.82) is 0 Å². The maximum absolute atomic E-state index is 12.3. The molecule has 5 nitrogen and oxygen atoms in total. The summed E-state index contributed by atoms with van der Waals surface area (Å²) in [6, 6.07) is 8.39. The quantitative estimate of drug-likeness (QED) is 0.666. The summed E-state index contributed by atoms with van der Waals surface area (Å²) in [5, 5.41) is 4.43. The van der Waals surface area contributed by atoms with Gasteiger partial charge >= 0.3 is 0 Å². The summed E-state index contributed by atoms with van der Waals surface area (Å²) < 4.78 is 1.28. The number of fused-ring (bicyclic) bond motifs is 1. The van der Waals surface area contributed by atoms with Crippen LogP contribution in [-0.2, 0) is 11.3 Å². The van der Waals surface area contributed by atoms with E-state index in [2.05, 4.69) is 29.6 Å². The van der Waals surface area contributed by atoms with Crippen LogP contribution >= 0.6 is 11.3 Å². The lowest BCUT2D eigenvalue weighted by atomic mass is 9.89. The monoisotopic (exact) mass is 388 g/mol. The number of nitrogens with zero attached hydrogens (tertiary/aromatic N) is 1. The Morgan fingerprint density at radius 3 is 2.59 bits per heavy atom. The van der Waals surface area contributed by atoms with Gasteiger partial charge < -0.3 is 15.1 Å². The van der Waals surface area contributed by atoms with Crippen molar-refractivity contribution >= 4 is 27.5 Å². The molecule has 27 heavy (non-hydrogen) atoms. The van der Waals surface area contributed by atoms with Crippen molar-refractivity contribution in [3.05, 3.63) is 29.3 Å². The van der Waals surface area contributed by atoms with Gasteiger partial charge in [-0.2, -0.15) is 0 Å². The van der Waals surface area contributed by atoms with Crippen LogP contribution < -0.4 is 15.1 Å². The molecule has 0 spiro atoms. The number of carbonyl (C=O) groups excluding carboxylic acids is 1. The third kappa shape index (κ3) is 5.27. The molecule has 1 saturated carbocycles. The van der Waals surface area contributed by atoms with Crippen molar-refractivity contribution in [1.82, 2.24) is 10.3 Å². The van der Waals surface area contributed by atoms with Crippen molar-refractivity contribution in [3.8, 4) is 0 Å². The number of piperazine rings is 1. The number of hydrogen-bond donors (Lipinski definition) is 3. The maximum atomic E-state index is 12.3. The molecular formula is C21H32N4OS+2. The minimum absolute atomic E-state index is 0.241. The fourth-order valence-corrected chi connectivity index (χ4v) is 5.50. The molecule has 4 rings (SSSR count). The van der Waals surface area contributed by atoms with Crippen molar-refractivity contribution in [2.75, 3.05) is 39.3 Å². The average molecular weight is 389 g/mol. The van der Waals surface area contributed by atoms with Crippen LogP contribution in [0.3, 0.4) is 0 Å². The highest BCUT2D eigenvalue weighted by molar-refractivity contribution is 7.18.